The molecule has 0 saturated heterocycles. The Bertz CT molecular complexity index is 486. The van der Waals surface area contributed by atoms with E-state index in [4.69, 9.17) is 5.73 Å². The van der Waals surface area contributed by atoms with Gasteiger partial charge in [-0.1, -0.05) is 0 Å². The maximum Gasteiger partial charge on any atom is 0.433 e. The third-order valence-corrected chi connectivity index (χ3v) is 2.01. The summed E-state index contributed by atoms with van der Waals surface area (Å²) < 4.78 is 36.7. The van der Waals surface area contributed by atoms with Crippen LogP contribution in [0.15, 0.2) is 24.5 Å². The van der Waals surface area contributed by atoms with Crippen LogP contribution in [0.4, 0.5) is 18.9 Å². The maximum atomic E-state index is 12.2. The van der Waals surface area contributed by atoms with Gasteiger partial charge in [-0.25, -0.2) is 0 Å². The van der Waals surface area contributed by atoms with Crippen molar-refractivity contribution in [2.45, 2.75) is 6.18 Å². The van der Waals surface area contributed by atoms with Crippen LogP contribution >= 0.6 is 0 Å². The molecule has 0 saturated carbocycles. The van der Waals surface area contributed by atoms with E-state index >= 15 is 0 Å². The fourth-order valence-corrected chi connectivity index (χ4v) is 1.24. The van der Waals surface area contributed by atoms with E-state index in [1.807, 2.05) is 0 Å². The number of pyridine rings is 1. The quantitative estimate of drug-likeness (QED) is 0.785. The third-order valence-electron chi connectivity index (χ3n) is 2.01. The standard InChI is InChI=1S/C9H7F3N4/c10-9(11,12)7-2-1-5(3-14-7)8-6(13)4-15-16-8/h1-4H,13H2,(H,15,16). The molecule has 0 aromatic carbocycles. The van der Waals surface area contributed by atoms with Gasteiger partial charge in [0, 0.05) is 11.8 Å². The van der Waals surface area contributed by atoms with Crippen LogP contribution in [0, 0.1) is 0 Å². The van der Waals surface area contributed by atoms with Crippen molar-refractivity contribution in [1.82, 2.24) is 15.2 Å². The zero-order valence-corrected chi connectivity index (χ0v) is 7.92. The number of alkyl halides is 3. The first-order chi connectivity index (χ1) is 7.48. The molecular weight excluding hydrogens is 221 g/mol. The van der Waals surface area contributed by atoms with Crippen molar-refractivity contribution in [3.8, 4) is 11.3 Å². The molecule has 2 aromatic rings. The summed E-state index contributed by atoms with van der Waals surface area (Å²) in [7, 11) is 0. The minimum absolute atomic E-state index is 0.363. The number of rotatable bonds is 1. The first kappa shape index (κ1) is 10.5. The molecule has 0 spiro atoms. The van der Waals surface area contributed by atoms with E-state index in [9.17, 15) is 13.2 Å². The lowest BCUT2D eigenvalue weighted by atomic mass is 10.2. The summed E-state index contributed by atoms with van der Waals surface area (Å²) >= 11 is 0. The molecule has 7 heteroatoms. The molecular formula is C9H7F3N4. The molecule has 2 heterocycles. The lowest BCUT2D eigenvalue weighted by molar-refractivity contribution is -0.141. The van der Waals surface area contributed by atoms with Gasteiger partial charge in [0.15, 0.2) is 0 Å². The summed E-state index contributed by atoms with van der Waals surface area (Å²) in [6.45, 7) is 0. The molecule has 0 bridgehead atoms. The molecule has 0 aliphatic rings. The number of nitrogen functional groups attached to an aromatic ring is 1. The number of H-pyrrole nitrogens is 1. The highest BCUT2D eigenvalue weighted by Gasteiger charge is 2.32. The molecule has 0 fully saturated rings. The fraction of sp³-hybridized carbons (Fsp3) is 0.111. The largest absolute Gasteiger partial charge is 0.433 e. The van der Waals surface area contributed by atoms with E-state index in [-0.39, 0.29) is 0 Å². The first-order valence-corrected chi connectivity index (χ1v) is 4.31. The Morgan fingerprint density at radius 3 is 2.38 bits per heavy atom. The molecule has 0 unspecified atom stereocenters. The van der Waals surface area contributed by atoms with Gasteiger partial charge in [0.1, 0.15) is 5.69 Å². The van der Waals surface area contributed by atoms with E-state index < -0.39 is 11.9 Å². The number of aromatic nitrogens is 3. The van der Waals surface area contributed by atoms with Crippen molar-refractivity contribution in [2.24, 2.45) is 0 Å². The molecule has 84 valence electrons. The van der Waals surface area contributed by atoms with Crippen molar-refractivity contribution < 1.29 is 13.2 Å². The smallest absolute Gasteiger partial charge is 0.396 e. The number of hydrogen-bond acceptors (Lipinski definition) is 3. The molecule has 0 atom stereocenters. The van der Waals surface area contributed by atoms with Crippen LogP contribution in [0.1, 0.15) is 5.69 Å². The number of nitrogens with two attached hydrogens (primary N) is 1. The normalized spacial score (nSPS) is 11.7. The van der Waals surface area contributed by atoms with E-state index in [1.54, 1.807) is 0 Å². The summed E-state index contributed by atoms with van der Waals surface area (Å²) in [5, 5.41) is 6.25. The van der Waals surface area contributed by atoms with Crippen LogP contribution in [0.25, 0.3) is 11.3 Å². The number of hydrogen-bond donors (Lipinski definition) is 2. The molecule has 0 amide bonds. The van der Waals surface area contributed by atoms with Crippen LogP contribution in [0.2, 0.25) is 0 Å². The van der Waals surface area contributed by atoms with Gasteiger partial charge in [-0.2, -0.15) is 18.3 Å². The Hall–Kier alpha value is -2.05. The number of nitrogens with one attached hydrogen (secondary N) is 1. The van der Waals surface area contributed by atoms with Gasteiger partial charge >= 0.3 is 6.18 Å². The Morgan fingerprint density at radius 2 is 1.94 bits per heavy atom. The monoisotopic (exact) mass is 228 g/mol. The van der Waals surface area contributed by atoms with E-state index in [2.05, 4.69) is 15.2 Å². The van der Waals surface area contributed by atoms with E-state index in [0.29, 0.717) is 16.9 Å². The van der Waals surface area contributed by atoms with Crippen molar-refractivity contribution in [2.75, 3.05) is 5.73 Å². The van der Waals surface area contributed by atoms with Gasteiger partial charge in [-0.05, 0) is 12.1 Å². The average molecular weight is 228 g/mol. The maximum absolute atomic E-state index is 12.2. The van der Waals surface area contributed by atoms with E-state index in [1.165, 1.54) is 12.3 Å². The Balaban J connectivity index is 2.37. The van der Waals surface area contributed by atoms with Gasteiger partial charge in [0.05, 0.1) is 17.6 Å². The fourth-order valence-electron chi connectivity index (χ4n) is 1.24. The van der Waals surface area contributed by atoms with Crippen LogP contribution in [0.3, 0.4) is 0 Å². The second kappa shape index (κ2) is 3.51. The zero-order valence-electron chi connectivity index (χ0n) is 7.92. The lowest BCUT2D eigenvalue weighted by Gasteiger charge is -2.05. The topological polar surface area (TPSA) is 67.6 Å². The number of anilines is 1. The second-order valence-corrected chi connectivity index (χ2v) is 3.13. The summed E-state index contributed by atoms with van der Waals surface area (Å²) in [5.74, 6) is 0. The van der Waals surface area contributed by atoms with Crippen molar-refractivity contribution in [3.05, 3.63) is 30.2 Å². The number of halogens is 3. The Morgan fingerprint density at radius 1 is 1.19 bits per heavy atom. The molecule has 2 aromatic heterocycles. The molecule has 4 nitrogen and oxygen atoms in total. The van der Waals surface area contributed by atoms with Crippen molar-refractivity contribution in [3.63, 3.8) is 0 Å². The van der Waals surface area contributed by atoms with Crippen LogP contribution in [0.5, 0.6) is 0 Å². The van der Waals surface area contributed by atoms with E-state index in [0.717, 1.165) is 12.3 Å². The van der Waals surface area contributed by atoms with Crippen LogP contribution in [-0.2, 0) is 6.18 Å². The molecule has 3 N–H and O–H groups in total. The number of aromatic amines is 1. The second-order valence-electron chi connectivity index (χ2n) is 3.13. The highest BCUT2D eigenvalue weighted by molar-refractivity contribution is 5.70. The predicted molar refractivity (Wildman–Crippen MR) is 51.2 cm³/mol. The Kier molecular flexibility index (Phi) is 2.30. The van der Waals surface area contributed by atoms with Crippen molar-refractivity contribution in [1.29, 1.82) is 0 Å². The number of nitrogens with zero attached hydrogens (tertiary/aromatic N) is 2. The van der Waals surface area contributed by atoms with Gasteiger partial charge in [-0.15, -0.1) is 0 Å². The lowest BCUT2D eigenvalue weighted by Crippen LogP contribution is -2.07. The summed E-state index contributed by atoms with van der Waals surface area (Å²) in [5.41, 5.74) is 5.90. The SMILES string of the molecule is Nc1cn[nH]c1-c1ccc(C(F)(F)F)nc1. The van der Waals surface area contributed by atoms with Gasteiger partial charge in [0.25, 0.3) is 0 Å². The summed E-state index contributed by atoms with van der Waals surface area (Å²) in [6.07, 6.45) is -1.95. The van der Waals surface area contributed by atoms with Gasteiger partial charge < -0.3 is 5.73 Å². The highest BCUT2D eigenvalue weighted by Crippen LogP contribution is 2.29. The van der Waals surface area contributed by atoms with Crippen LogP contribution in [-0.4, -0.2) is 15.2 Å². The Labute approximate surface area is 88.3 Å². The van der Waals surface area contributed by atoms with Gasteiger partial charge in [-0.3, -0.25) is 10.1 Å². The average Bonchev–Trinajstić information content (AvgIpc) is 2.63. The van der Waals surface area contributed by atoms with Crippen LogP contribution < -0.4 is 5.73 Å². The zero-order chi connectivity index (χ0) is 11.8. The molecule has 0 aliphatic carbocycles. The first-order valence-electron chi connectivity index (χ1n) is 4.31. The minimum Gasteiger partial charge on any atom is -0.396 e. The minimum atomic E-state index is -4.43. The van der Waals surface area contributed by atoms with Gasteiger partial charge in [0.2, 0.25) is 0 Å². The molecule has 2 rings (SSSR count). The molecule has 0 radical (unpaired) electrons. The molecule has 0 aliphatic heterocycles. The predicted octanol–water partition coefficient (Wildman–Crippen LogP) is 2.07. The molecule has 16 heavy (non-hydrogen) atoms. The van der Waals surface area contributed by atoms with Crippen molar-refractivity contribution >= 4 is 5.69 Å². The highest BCUT2D eigenvalue weighted by atomic mass is 19.4. The summed E-state index contributed by atoms with van der Waals surface area (Å²) in [6, 6.07) is 2.19. The third kappa shape index (κ3) is 1.83. The summed E-state index contributed by atoms with van der Waals surface area (Å²) in [4.78, 5) is 3.32.